The Balaban J connectivity index is 1.83. The van der Waals surface area contributed by atoms with Crippen LogP contribution in [0.25, 0.3) is 10.9 Å². The normalized spacial score (nSPS) is 12.1. The highest BCUT2D eigenvalue weighted by atomic mass is 32.2. The Morgan fingerprint density at radius 2 is 2.25 bits per heavy atom. The van der Waals surface area contributed by atoms with E-state index in [1.165, 1.54) is 23.1 Å². The molecule has 1 atom stereocenters. The van der Waals surface area contributed by atoms with E-state index in [9.17, 15) is 4.79 Å². The number of rotatable bonds is 5. The molecule has 0 radical (unpaired) electrons. The average molecular weight is 359 g/mol. The van der Waals surface area contributed by atoms with Gasteiger partial charge in [-0.25, -0.2) is 9.97 Å². The fourth-order valence-corrected chi connectivity index (χ4v) is 3.76. The molecular weight excluding hydrogens is 342 g/mol. The summed E-state index contributed by atoms with van der Waals surface area (Å²) < 4.78 is 5.40. The largest absolute Gasteiger partial charge is 0.494 e. The molecule has 3 rings (SSSR count). The maximum atomic E-state index is 12.3. The molecule has 1 aromatic carbocycles. The van der Waals surface area contributed by atoms with Gasteiger partial charge < -0.3 is 10.1 Å². The number of carbonyl (C=O) groups excluding carboxylic acids is 1. The van der Waals surface area contributed by atoms with Crippen molar-refractivity contribution in [1.29, 1.82) is 0 Å². The molecule has 0 bridgehead atoms. The highest BCUT2D eigenvalue weighted by Gasteiger charge is 2.17. The van der Waals surface area contributed by atoms with Gasteiger partial charge in [-0.05, 0) is 31.5 Å². The van der Waals surface area contributed by atoms with Crippen molar-refractivity contribution in [3.63, 3.8) is 0 Å². The summed E-state index contributed by atoms with van der Waals surface area (Å²) in [5.74, 6) is 0.646. The van der Waals surface area contributed by atoms with Crippen LogP contribution in [0.4, 0.5) is 5.13 Å². The van der Waals surface area contributed by atoms with E-state index in [-0.39, 0.29) is 11.2 Å². The number of hydrogen-bond donors (Lipinski definition) is 1. The van der Waals surface area contributed by atoms with E-state index in [1.54, 1.807) is 13.3 Å². The molecule has 0 aliphatic rings. The summed E-state index contributed by atoms with van der Waals surface area (Å²) >= 11 is 2.82. The number of aromatic nitrogens is 2. The molecule has 3 aromatic rings. The molecule has 0 saturated heterocycles. The van der Waals surface area contributed by atoms with Crippen molar-refractivity contribution >= 4 is 45.0 Å². The molecule has 1 unspecified atom stereocenters. The third-order valence-electron chi connectivity index (χ3n) is 3.53. The molecule has 2 aromatic heterocycles. The van der Waals surface area contributed by atoms with Crippen molar-refractivity contribution in [2.75, 3.05) is 12.4 Å². The van der Waals surface area contributed by atoms with Gasteiger partial charge in [0, 0.05) is 17.0 Å². The van der Waals surface area contributed by atoms with Crippen LogP contribution in [0.3, 0.4) is 0 Å². The van der Waals surface area contributed by atoms with E-state index >= 15 is 0 Å². The van der Waals surface area contributed by atoms with Crippen molar-refractivity contribution < 1.29 is 9.53 Å². The molecule has 5 nitrogen and oxygen atoms in total. The van der Waals surface area contributed by atoms with Gasteiger partial charge in [-0.15, -0.1) is 11.3 Å². The summed E-state index contributed by atoms with van der Waals surface area (Å²) in [7, 11) is 1.63. The molecule has 0 fully saturated rings. The Kier molecular flexibility index (Phi) is 5.01. The predicted octanol–water partition coefficient (Wildman–Crippen LogP) is 4.13. The number of fused-ring (bicyclic) bond motifs is 1. The van der Waals surface area contributed by atoms with Crippen LogP contribution in [-0.4, -0.2) is 28.2 Å². The first kappa shape index (κ1) is 16.7. The molecule has 1 N–H and O–H groups in total. The number of aryl methyl sites for hydroxylation is 1. The lowest BCUT2D eigenvalue weighted by molar-refractivity contribution is -0.115. The number of para-hydroxylation sites is 1. The van der Waals surface area contributed by atoms with Gasteiger partial charge in [0.1, 0.15) is 11.3 Å². The van der Waals surface area contributed by atoms with Crippen LogP contribution in [0, 0.1) is 6.92 Å². The standard InChI is InChI=1S/C17H17N3O2S2/c1-10-9-14(19-15-12(10)5-4-6-13(15)22-3)24-11(2)16(21)20-17-18-7-8-23-17/h4-9,11H,1-3H3,(H,18,20,21). The lowest BCUT2D eigenvalue weighted by Gasteiger charge is -2.12. The highest BCUT2D eigenvalue weighted by molar-refractivity contribution is 8.00. The van der Waals surface area contributed by atoms with Crippen LogP contribution >= 0.6 is 23.1 Å². The third-order valence-corrected chi connectivity index (χ3v) is 5.24. The predicted molar refractivity (Wildman–Crippen MR) is 99.1 cm³/mol. The second-order valence-corrected chi connectivity index (χ2v) is 7.48. The molecule has 1 amide bonds. The molecule has 0 aliphatic heterocycles. The van der Waals surface area contributed by atoms with Gasteiger partial charge in [0.25, 0.3) is 0 Å². The minimum atomic E-state index is -0.284. The number of anilines is 1. The van der Waals surface area contributed by atoms with E-state index < -0.39 is 0 Å². The van der Waals surface area contributed by atoms with Gasteiger partial charge in [-0.1, -0.05) is 23.9 Å². The van der Waals surface area contributed by atoms with Gasteiger partial charge in [-0.3, -0.25) is 4.79 Å². The first-order chi connectivity index (χ1) is 11.6. The van der Waals surface area contributed by atoms with Gasteiger partial charge in [0.05, 0.1) is 17.4 Å². The Labute approximate surface area is 148 Å². The number of methoxy groups -OCH3 is 1. The van der Waals surface area contributed by atoms with E-state index in [4.69, 9.17) is 4.74 Å². The SMILES string of the molecule is COc1cccc2c(C)cc(SC(C)C(=O)Nc3nccs3)nc12. The molecule has 0 aliphatic carbocycles. The molecule has 24 heavy (non-hydrogen) atoms. The summed E-state index contributed by atoms with van der Waals surface area (Å²) in [5, 5.41) is 6.81. The molecule has 124 valence electrons. The van der Waals surface area contributed by atoms with E-state index in [0.717, 1.165) is 27.2 Å². The Morgan fingerprint density at radius 1 is 1.42 bits per heavy atom. The van der Waals surface area contributed by atoms with E-state index in [0.29, 0.717) is 5.13 Å². The number of thioether (sulfide) groups is 1. The minimum absolute atomic E-state index is 0.0884. The van der Waals surface area contributed by atoms with Gasteiger partial charge in [0.15, 0.2) is 5.13 Å². The van der Waals surface area contributed by atoms with E-state index in [2.05, 4.69) is 15.3 Å². The minimum Gasteiger partial charge on any atom is -0.494 e. The molecule has 0 spiro atoms. The van der Waals surface area contributed by atoms with Crippen LogP contribution in [0.1, 0.15) is 12.5 Å². The topological polar surface area (TPSA) is 64.1 Å². The fraction of sp³-hybridized carbons (Fsp3) is 0.235. The van der Waals surface area contributed by atoms with Crippen molar-refractivity contribution in [2.24, 2.45) is 0 Å². The van der Waals surface area contributed by atoms with Crippen LogP contribution < -0.4 is 10.1 Å². The fourth-order valence-electron chi connectivity index (χ4n) is 2.31. The summed E-state index contributed by atoms with van der Waals surface area (Å²) in [6.45, 7) is 3.89. The monoisotopic (exact) mass is 359 g/mol. The van der Waals surface area contributed by atoms with Crippen molar-refractivity contribution in [3.8, 4) is 5.75 Å². The number of nitrogens with one attached hydrogen (secondary N) is 1. The lowest BCUT2D eigenvalue weighted by Crippen LogP contribution is -2.22. The smallest absolute Gasteiger partial charge is 0.239 e. The zero-order chi connectivity index (χ0) is 17.1. The highest BCUT2D eigenvalue weighted by Crippen LogP contribution is 2.31. The molecule has 7 heteroatoms. The van der Waals surface area contributed by atoms with Crippen LogP contribution in [0.5, 0.6) is 5.75 Å². The number of thiazole rings is 1. The van der Waals surface area contributed by atoms with Gasteiger partial charge in [-0.2, -0.15) is 0 Å². The average Bonchev–Trinajstić information content (AvgIpc) is 3.07. The number of amides is 1. The summed E-state index contributed by atoms with van der Waals surface area (Å²) in [4.78, 5) is 21.0. The van der Waals surface area contributed by atoms with Crippen molar-refractivity contribution in [3.05, 3.63) is 41.4 Å². The number of nitrogens with zero attached hydrogens (tertiary/aromatic N) is 2. The number of pyridine rings is 1. The number of ether oxygens (including phenoxy) is 1. The maximum absolute atomic E-state index is 12.3. The second kappa shape index (κ2) is 7.19. The lowest BCUT2D eigenvalue weighted by atomic mass is 10.1. The van der Waals surface area contributed by atoms with Crippen molar-refractivity contribution in [2.45, 2.75) is 24.1 Å². The Bertz CT molecular complexity index is 866. The van der Waals surface area contributed by atoms with Crippen LogP contribution in [-0.2, 0) is 4.79 Å². The zero-order valence-electron chi connectivity index (χ0n) is 13.6. The van der Waals surface area contributed by atoms with Gasteiger partial charge >= 0.3 is 0 Å². The number of hydrogen-bond acceptors (Lipinski definition) is 6. The molecule has 2 heterocycles. The maximum Gasteiger partial charge on any atom is 0.239 e. The molecule has 0 saturated carbocycles. The quantitative estimate of drug-likeness (QED) is 0.694. The van der Waals surface area contributed by atoms with Crippen molar-refractivity contribution in [1.82, 2.24) is 9.97 Å². The van der Waals surface area contributed by atoms with Gasteiger partial charge in [0.2, 0.25) is 5.91 Å². The van der Waals surface area contributed by atoms with Crippen LogP contribution in [0.15, 0.2) is 40.9 Å². The van der Waals surface area contributed by atoms with Crippen LogP contribution in [0.2, 0.25) is 0 Å². The number of carbonyl (C=O) groups is 1. The first-order valence-corrected chi connectivity index (χ1v) is 9.16. The van der Waals surface area contributed by atoms with E-state index in [1.807, 2.05) is 43.5 Å². The Morgan fingerprint density at radius 3 is 2.96 bits per heavy atom. The molecular formula is C17H17N3O2S2. The number of benzene rings is 1. The third kappa shape index (κ3) is 3.52. The first-order valence-electron chi connectivity index (χ1n) is 7.40. The Hall–Kier alpha value is -2.12. The zero-order valence-corrected chi connectivity index (χ0v) is 15.2. The summed E-state index contributed by atoms with van der Waals surface area (Å²) in [6, 6.07) is 7.86. The second-order valence-electron chi connectivity index (χ2n) is 5.22. The summed E-state index contributed by atoms with van der Waals surface area (Å²) in [6.07, 6.45) is 1.67. The summed E-state index contributed by atoms with van der Waals surface area (Å²) in [5.41, 5.74) is 1.92.